The zero-order valence-electron chi connectivity index (χ0n) is 12.0. The van der Waals surface area contributed by atoms with Gasteiger partial charge in [0.25, 0.3) is 6.43 Å². The Morgan fingerprint density at radius 1 is 1.29 bits per heavy atom. The second kappa shape index (κ2) is 4.95. The van der Waals surface area contributed by atoms with Crippen molar-refractivity contribution in [1.82, 2.24) is 14.8 Å². The van der Waals surface area contributed by atoms with E-state index in [9.17, 15) is 8.78 Å². The normalized spacial score (nSPS) is 12.0. The van der Waals surface area contributed by atoms with Crippen molar-refractivity contribution in [2.45, 2.75) is 33.2 Å². The van der Waals surface area contributed by atoms with E-state index in [0.29, 0.717) is 28.2 Å². The van der Waals surface area contributed by atoms with Crippen LogP contribution in [0.4, 0.5) is 8.78 Å². The van der Waals surface area contributed by atoms with Crippen LogP contribution in [-0.2, 0) is 0 Å². The van der Waals surface area contributed by atoms with Crippen molar-refractivity contribution in [3.8, 4) is 11.5 Å². The summed E-state index contributed by atoms with van der Waals surface area (Å²) in [6.07, 6.45) is -1.10. The highest BCUT2D eigenvalue weighted by molar-refractivity contribution is 5.85. The summed E-state index contributed by atoms with van der Waals surface area (Å²) in [5.74, 6) is 0.466. The van der Waals surface area contributed by atoms with E-state index in [1.165, 1.54) is 12.3 Å². The third-order valence-electron chi connectivity index (χ3n) is 3.37. The van der Waals surface area contributed by atoms with Gasteiger partial charge in [0.15, 0.2) is 11.4 Å². The van der Waals surface area contributed by atoms with E-state index in [1.807, 2.05) is 13.8 Å². The Balaban J connectivity index is 2.36. The molecule has 0 spiro atoms. The molecule has 0 aliphatic heterocycles. The highest BCUT2D eigenvalue weighted by Crippen LogP contribution is 2.33. The van der Waals surface area contributed by atoms with Crippen molar-refractivity contribution in [3.63, 3.8) is 0 Å². The van der Waals surface area contributed by atoms with Crippen LogP contribution in [0.5, 0.6) is 0 Å². The Morgan fingerprint density at radius 3 is 2.62 bits per heavy atom. The van der Waals surface area contributed by atoms with E-state index in [-0.39, 0.29) is 11.6 Å². The lowest BCUT2D eigenvalue weighted by Gasteiger charge is -2.09. The average Bonchev–Trinajstić information content (AvgIpc) is 3.06. The molecule has 0 saturated carbocycles. The number of fused-ring (bicyclic) bond motifs is 1. The smallest absolute Gasteiger partial charge is 0.264 e. The van der Waals surface area contributed by atoms with Crippen LogP contribution in [0.15, 0.2) is 28.9 Å². The molecule has 0 saturated heterocycles. The van der Waals surface area contributed by atoms with Crippen LogP contribution in [0.3, 0.4) is 0 Å². The molecule has 6 heteroatoms. The molecule has 0 aromatic carbocycles. The Bertz CT molecular complexity index is 776. The number of hydrogen-bond donors (Lipinski definition) is 0. The van der Waals surface area contributed by atoms with Gasteiger partial charge in [0.2, 0.25) is 0 Å². The number of hydrogen-bond acceptors (Lipinski definition) is 3. The lowest BCUT2D eigenvalue weighted by atomic mass is 10.1. The predicted molar refractivity (Wildman–Crippen MR) is 75.3 cm³/mol. The minimum Gasteiger partial charge on any atom is -0.463 e. The van der Waals surface area contributed by atoms with Crippen LogP contribution in [-0.4, -0.2) is 14.8 Å². The number of nitrogens with zero attached hydrogens (tertiary/aromatic N) is 3. The molecular formula is C15H15F2N3O. The summed E-state index contributed by atoms with van der Waals surface area (Å²) >= 11 is 0. The first-order valence-electron chi connectivity index (χ1n) is 6.70. The maximum atomic E-state index is 13.4. The van der Waals surface area contributed by atoms with Crippen molar-refractivity contribution >= 4 is 11.0 Å². The highest BCUT2D eigenvalue weighted by Gasteiger charge is 2.22. The SMILES string of the molecule is Cc1nn(C(C)C)c2nc(-c3ccco3)cc(C(F)F)c12. The fourth-order valence-corrected chi connectivity index (χ4v) is 2.43. The van der Waals surface area contributed by atoms with Crippen LogP contribution >= 0.6 is 0 Å². The number of halogens is 2. The molecule has 3 rings (SSSR count). The lowest BCUT2D eigenvalue weighted by Crippen LogP contribution is -2.04. The maximum absolute atomic E-state index is 13.4. The minimum absolute atomic E-state index is 0.0334. The summed E-state index contributed by atoms with van der Waals surface area (Å²) < 4.78 is 33.8. The van der Waals surface area contributed by atoms with Gasteiger partial charge in [0, 0.05) is 11.6 Å². The molecule has 0 amide bonds. The van der Waals surface area contributed by atoms with Crippen LogP contribution in [0.2, 0.25) is 0 Å². The van der Waals surface area contributed by atoms with Crippen LogP contribution in [0.1, 0.15) is 37.6 Å². The summed E-state index contributed by atoms with van der Waals surface area (Å²) in [4.78, 5) is 4.48. The van der Waals surface area contributed by atoms with Gasteiger partial charge in [0.05, 0.1) is 17.3 Å². The van der Waals surface area contributed by atoms with Crippen molar-refractivity contribution in [3.05, 3.63) is 35.7 Å². The number of pyridine rings is 1. The first kappa shape index (κ1) is 13.7. The molecule has 0 atom stereocenters. The van der Waals surface area contributed by atoms with Gasteiger partial charge in [0.1, 0.15) is 5.69 Å². The topological polar surface area (TPSA) is 43.9 Å². The molecule has 4 nitrogen and oxygen atoms in total. The first-order valence-corrected chi connectivity index (χ1v) is 6.70. The molecule has 110 valence electrons. The molecular weight excluding hydrogens is 276 g/mol. The molecule has 0 fully saturated rings. The number of aromatic nitrogens is 3. The predicted octanol–water partition coefficient (Wildman–Crippen LogP) is 4.52. The fourth-order valence-electron chi connectivity index (χ4n) is 2.43. The molecule has 0 aliphatic carbocycles. The number of furan rings is 1. The molecule has 0 N–H and O–H groups in total. The van der Waals surface area contributed by atoms with Gasteiger partial charge in [-0.15, -0.1) is 0 Å². The summed E-state index contributed by atoms with van der Waals surface area (Å²) in [7, 11) is 0. The van der Waals surface area contributed by atoms with Gasteiger partial charge in [-0.2, -0.15) is 5.10 Å². The van der Waals surface area contributed by atoms with Crippen LogP contribution < -0.4 is 0 Å². The van der Waals surface area contributed by atoms with Gasteiger partial charge < -0.3 is 4.42 Å². The third kappa shape index (κ3) is 2.20. The molecule has 3 aromatic rings. The van der Waals surface area contributed by atoms with E-state index in [2.05, 4.69) is 10.1 Å². The van der Waals surface area contributed by atoms with Gasteiger partial charge >= 0.3 is 0 Å². The monoisotopic (exact) mass is 291 g/mol. The lowest BCUT2D eigenvalue weighted by molar-refractivity contribution is 0.153. The van der Waals surface area contributed by atoms with E-state index in [1.54, 1.807) is 23.7 Å². The Morgan fingerprint density at radius 2 is 2.05 bits per heavy atom. The largest absolute Gasteiger partial charge is 0.463 e. The van der Waals surface area contributed by atoms with Crippen molar-refractivity contribution in [1.29, 1.82) is 0 Å². The quantitative estimate of drug-likeness (QED) is 0.712. The standard InChI is InChI=1S/C15H15F2N3O/c1-8(2)20-15-13(9(3)19-20)10(14(16)17)7-11(18-15)12-5-4-6-21-12/h4-8,14H,1-3H3. The summed E-state index contributed by atoms with van der Waals surface area (Å²) in [6, 6.07) is 4.82. The van der Waals surface area contributed by atoms with Gasteiger partial charge in [-0.1, -0.05) is 0 Å². The van der Waals surface area contributed by atoms with E-state index in [4.69, 9.17) is 4.42 Å². The molecule has 21 heavy (non-hydrogen) atoms. The summed E-state index contributed by atoms with van der Waals surface area (Å²) in [5.41, 5.74) is 1.36. The average molecular weight is 291 g/mol. The van der Waals surface area contributed by atoms with Crippen LogP contribution in [0.25, 0.3) is 22.5 Å². The Kier molecular flexibility index (Phi) is 3.23. The van der Waals surface area contributed by atoms with Gasteiger partial charge in [-0.25, -0.2) is 18.4 Å². The first-order chi connectivity index (χ1) is 9.99. The molecule has 3 heterocycles. The number of aryl methyl sites for hydroxylation is 1. The van der Waals surface area contributed by atoms with Crippen molar-refractivity contribution in [2.75, 3.05) is 0 Å². The van der Waals surface area contributed by atoms with E-state index in [0.717, 1.165) is 0 Å². The number of rotatable bonds is 3. The second-order valence-electron chi connectivity index (χ2n) is 5.20. The van der Waals surface area contributed by atoms with Gasteiger partial charge in [-0.05, 0) is 39.0 Å². The molecule has 0 bridgehead atoms. The molecule has 0 aliphatic rings. The minimum atomic E-state index is -2.59. The number of alkyl halides is 2. The molecule has 3 aromatic heterocycles. The maximum Gasteiger partial charge on any atom is 0.264 e. The zero-order chi connectivity index (χ0) is 15.1. The third-order valence-corrected chi connectivity index (χ3v) is 3.37. The van der Waals surface area contributed by atoms with Crippen molar-refractivity contribution < 1.29 is 13.2 Å². The summed E-state index contributed by atoms with van der Waals surface area (Å²) in [6.45, 7) is 5.60. The Labute approximate surface area is 120 Å². The molecule has 0 radical (unpaired) electrons. The zero-order valence-corrected chi connectivity index (χ0v) is 12.0. The Hall–Kier alpha value is -2.24. The highest BCUT2D eigenvalue weighted by atomic mass is 19.3. The van der Waals surface area contributed by atoms with Crippen LogP contribution in [0, 0.1) is 6.92 Å². The van der Waals surface area contributed by atoms with E-state index >= 15 is 0 Å². The fraction of sp³-hybridized carbons (Fsp3) is 0.333. The van der Waals surface area contributed by atoms with E-state index < -0.39 is 6.43 Å². The second-order valence-corrected chi connectivity index (χ2v) is 5.20. The van der Waals surface area contributed by atoms with Crippen molar-refractivity contribution in [2.24, 2.45) is 0 Å². The van der Waals surface area contributed by atoms with Gasteiger partial charge in [-0.3, -0.25) is 0 Å². The molecule has 0 unspecified atom stereocenters. The summed E-state index contributed by atoms with van der Waals surface area (Å²) in [5, 5.41) is 4.77.